The van der Waals surface area contributed by atoms with E-state index in [4.69, 9.17) is 10.5 Å². The Morgan fingerprint density at radius 1 is 1.37 bits per heavy atom. The summed E-state index contributed by atoms with van der Waals surface area (Å²) in [6.07, 6.45) is 3.82. The molecule has 3 N–H and O–H groups in total. The van der Waals surface area contributed by atoms with Gasteiger partial charge in [0.15, 0.2) is 0 Å². The van der Waals surface area contributed by atoms with Gasteiger partial charge < -0.3 is 15.8 Å². The maximum absolute atomic E-state index is 11.7. The molecule has 104 valence electrons. The molecule has 2 atom stereocenters. The van der Waals surface area contributed by atoms with Crippen molar-refractivity contribution in [3.63, 3.8) is 0 Å². The molecule has 0 saturated heterocycles. The van der Waals surface area contributed by atoms with E-state index in [1.807, 2.05) is 12.1 Å². The number of carbonyl (C=O) groups excluding carboxylic acids is 1. The summed E-state index contributed by atoms with van der Waals surface area (Å²) in [6, 6.07) is 7.56. The summed E-state index contributed by atoms with van der Waals surface area (Å²) in [5.41, 5.74) is 6.30. The zero-order chi connectivity index (χ0) is 13.7. The minimum atomic E-state index is 0.0783. The lowest BCUT2D eigenvalue weighted by atomic mass is 10.1. The Bertz CT molecular complexity index is 417. The second-order valence-electron chi connectivity index (χ2n) is 5.35. The van der Waals surface area contributed by atoms with Gasteiger partial charge in [-0.1, -0.05) is 6.92 Å². The molecule has 2 rings (SSSR count). The van der Waals surface area contributed by atoms with Crippen LogP contribution in [0.25, 0.3) is 0 Å². The molecule has 2 unspecified atom stereocenters. The first-order chi connectivity index (χ1) is 9.13. The SMILES string of the molecule is CC1CCC(NC(=O)CCOc2ccc(N)cc2)C1. The van der Waals surface area contributed by atoms with Gasteiger partial charge in [0.1, 0.15) is 5.75 Å². The molecule has 19 heavy (non-hydrogen) atoms. The van der Waals surface area contributed by atoms with Crippen molar-refractivity contribution in [2.24, 2.45) is 5.92 Å². The number of rotatable bonds is 5. The molecule has 0 radical (unpaired) electrons. The summed E-state index contributed by atoms with van der Waals surface area (Å²) in [6.45, 7) is 2.63. The van der Waals surface area contributed by atoms with Gasteiger partial charge >= 0.3 is 0 Å². The van der Waals surface area contributed by atoms with E-state index >= 15 is 0 Å². The normalized spacial score (nSPS) is 22.2. The molecule has 1 aliphatic carbocycles. The van der Waals surface area contributed by atoms with E-state index in [2.05, 4.69) is 12.2 Å². The summed E-state index contributed by atoms with van der Waals surface area (Å²) in [7, 11) is 0. The molecule has 1 aromatic rings. The van der Waals surface area contributed by atoms with Crippen molar-refractivity contribution in [2.75, 3.05) is 12.3 Å². The van der Waals surface area contributed by atoms with Crippen LogP contribution in [0.5, 0.6) is 5.75 Å². The maximum Gasteiger partial charge on any atom is 0.223 e. The van der Waals surface area contributed by atoms with Crippen LogP contribution in [0.2, 0.25) is 0 Å². The molecule has 1 fully saturated rings. The number of nitrogens with two attached hydrogens (primary N) is 1. The molecule has 0 aromatic heterocycles. The van der Waals surface area contributed by atoms with Gasteiger partial charge in [-0.25, -0.2) is 0 Å². The molecule has 0 aliphatic heterocycles. The summed E-state index contributed by atoms with van der Waals surface area (Å²) in [5.74, 6) is 1.56. The highest BCUT2D eigenvalue weighted by atomic mass is 16.5. The lowest BCUT2D eigenvalue weighted by molar-refractivity contribution is -0.122. The largest absolute Gasteiger partial charge is 0.493 e. The van der Waals surface area contributed by atoms with E-state index in [1.54, 1.807) is 12.1 Å². The molecule has 1 saturated carbocycles. The lowest BCUT2D eigenvalue weighted by Crippen LogP contribution is -2.33. The molecular formula is C15H22N2O2. The highest BCUT2D eigenvalue weighted by molar-refractivity contribution is 5.76. The van der Waals surface area contributed by atoms with Gasteiger partial charge in [0.2, 0.25) is 5.91 Å². The maximum atomic E-state index is 11.7. The van der Waals surface area contributed by atoms with Crippen molar-refractivity contribution < 1.29 is 9.53 Å². The van der Waals surface area contributed by atoms with Crippen molar-refractivity contribution in [3.8, 4) is 5.75 Å². The third kappa shape index (κ3) is 4.47. The summed E-state index contributed by atoms with van der Waals surface area (Å²) in [4.78, 5) is 11.7. The predicted molar refractivity (Wildman–Crippen MR) is 75.9 cm³/mol. The lowest BCUT2D eigenvalue weighted by Gasteiger charge is -2.12. The van der Waals surface area contributed by atoms with Gasteiger partial charge in [0.05, 0.1) is 13.0 Å². The van der Waals surface area contributed by atoms with Gasteiger partial charge in [0, 0.05) is 11.7 Å². The Balaban J connectivity index is 1.65. The number of nitrogen functional groups attached to an aromatic ring is 1. The van der Waals surface area contributed by atoms with Crippen molar-refractivity contribution >= 4 is 11.6 Å². The Morgan fingerprint density at radius 2 is 2.11 bits per heavy atom. The highest BCUT2D eigenvalue weighted by Crippen LogP contribution is 2.24. The number of anilines is 1. The summed E-state index contributed by atoms with van der Waals surface area (Å²) >= 11 is 0. The molecule has 1 amide bonds. The van der Waals surface area contributed by atoms with E-state index in [0.29, 0.717) is 24.8 Å². The topological polar surface area (TPSA) is 64.3 Å². The first kappa shape index (κ1) is 13.7. The highest BCUT2D eigenvalue weighted by Gasteiger charge is 2.22. The minimum Gasteiger partial charge on any atom is -0.493 e. The molecule has 0 bridgehead atoms. The van der Waals surface area contributed by atoms with Crippen LogP contribution in [0.4, 0.5) is 5.69 Å². The third-order valence-electron chi connectivity index (χ3n) is 3.54. The summed E-state index contributed by atoms with van der Waals surface area (Å²) in [5, 5.41) is 3.07. The first-order valence-corrected chi connectivity index (χ1v) is 6.91. The quantitative estimate of drug-likeness (QED) is 0.801. The Morgan fingerprint density at radius 3 is 2.74 bits per heavy atom. The van der Waals surface area contributed by atoms with Crippen LogP contribution in [0.3, 0.4) is 0 Å². The van der Waals surface area contributed by atoms with E-state index in [9.17, 15) is 4.79 Å². The Labute approximate surface area is 114 Å². The molecular weight excluding hydrogens is 240 g/mol. The van der Waals surface area contributed by atoms with E-state index in [-0.39, 0.29) is 5.91 Å². The van der Waals surface area contributed by atoms with Crippen LogP contribution in [0.1, 0.15) is 32.6 Å². The Kier molecular flexibility index (Phi) is 4.66. The monoisotopic (exact) mass is 262 g/mol. The van der Waals surface area contributed by atoms with Crippen molar-refractivity contribution in [1.29, 1.82) is 0 Å². The number of nitrogens with one attached hydrogen (secondary N) is 1. The fourth-order valence-corrected chi connectivity index (χ4v) is 2.46. The second-order valence-corrected chi connectivity index (χ2v) is 5.35. The van der Waals surface area contributed by atoms with Gasteiger partial charge in [0.25, 0.3) is 0 Å². The van der Waals surface area contributed by atoms with Gasteiger partial charge in [-0.3, -0.25) is 4.79 Å². The van der Waals surface area contributed by atoms with Crippen LogP contribution in [0, 0.1) is 5.92 Å². The average molecular weight is 262 g/mol. The molecule has 4 heteroatoms. The van der Waals surface area contributed by atoms with Gasteiger partial charge in [-0.15, -0.1) is 0 Å². The fourth-order valence-electron chi connectivity index (χ4n) is 2.46. The van der Waals surface area contributed by atoms with Crippen molar-refractivity contribution in [3.05, 3.63) is 24.3 Å². The predicted octanol–water partition coefficient (Wildman–Crippen LogP) is 2.34. The van der Waals surface area contributed by atoms with E-state index in [1.165, 1.54) is 6.42 Å². The van der Waals surface area contributed by atoms with Crippen LogP contribution < -0.4 is 15.8 Å². The molecule has 1 aliphatic rings. The number of hydrogen-bond donors (Lipinski definition) is 2. The van der Waals surface area contributed by atoms with Crippen molar-refractivity contribution in [2.45, 2.75) is 38.6 Å². The summed E-state index contributed by atoms with van der Waals surface area (Å²) < 4.78 is 5.50. The first-order valence-electron chi connectivity index (χ1n) is 6.91. The van der Waals surface area contributed by atoms with E-state index < -0.39 is 0 Å². The van der Waals surface area contributed by atoms with Gasteiger partial charge in [-0.2, -0.15) is 0 Å². The van der Waals surface area contributed by atoms with Gasteiger partial charge in [-0.05, 0) is 49.4 Å². The van der Waals surface area contributed by atoms with Crippen LogP contribution in [-0.2, 0) is 4.79 Å². The molecule has 1 aromatic carbocycles. The minimum absolute atomic E-state index is 0.0783. The molecule has 4 nitrogen and oxygen atoms in total. The van der Waals surface area contributed by atoms with Crippen LogP contribution >= 0.6 is 0 Å². The molecule has 0 heterocycles. The van der Waals surface area contributed by atoms with Crippen LogP contribution in [-0.4, -0.2) is 18.6 Å². The smallest absolute Gasteiger partial charge is 0.223 e. The second kappa shape index (κ2) is 6.45. The van der Waals surface area contributed by atoms with Crippen LogP contribution in [0.15, 0.2) is 24.3 Å². The number of benzene rings is 1. The number of ether oxygens (including phenoxy) is 1. The van der Waals surface area contributed by atoms with E-state index in [0.717, 1.165) is 24.5 Å². The third-order valence-corrected chi connectivity index (χ3v) is 3.54. The van der Waals surface area contributed by atoms with Crippen molar-refractivity contribution in [1.82, 2.24) is 5.32 Å². The standard InChI is InChI=1S/C15H22N2O2/c1-11-2-5-13(10-11)17-15(18)8-9-19-14-6-3-12(16)4-7-14/h3-4,6-7,11,13H,2,5,8-10,16H2,1H3,(H,17,18). The number of hydrogen-bond acceptors (Lipinski definition) is 3. The molecule has 0 spiro atoms. The Hall–Kier alpha value is -1.71. The fraction of sp³-hybridized carbons (Fsp3) is 0.533. The zero-order valence-corrected chi connectivity index (χ0v) is 11.4. The average Bonchev–Trinajstić information content (AvgIpc) is 2.77. The zero-order valence-electron chi connectivity index (χ0n) is 11.4. The number of amides is 1. The number of carbonyl (C=O) groups is 1.